The molecule has 0 aliphatic carbocycles. The maximum absolute atomic E-state index is 12.8. The number of carbonyl (C=O) groups is 1. The number of thioether (sulfide) groups is 1. The van der Waals surface area contributed by atoms with E-state index < -0.39 is 0 Å². The number of halogens is 2. The van der Waals surface area contributed by atoms with Crippen molar-refractivity contribution in [2.24, 2.45) is 0 Å². The molecular formula is C17H17ClFNOS. The van der Waals surface area contributed by atoms with Gasteiger partial charge in [-0.2, -0.15) is 0 Å². The fourth-order valence-corrected chi connectivity index (χ4v) is 2.85. The summed E-state index contributed by atoms with van der Waals surface area (Å²) < 4.78 is 12.8. The first-order chi connectivity index (χ1) is 10.6. The molecule has 0 atom stereocenters. The van der Waals surface area contributed by atoms with Gasteiger partial charge in [-0.05, 0) is 54.1 Å². The van der Waals surface area contributed by atoms with Crippen LogP contribution >= 0.6 is 23.4 Å². The van der Waals surface area contributed by atoms with Crippen molar-refractivity contribution in [1.82, 2.24) is 5.32 Å². The van der Waals surface area contributed by atoms with E-state index in [0.717, 1.165) is 22.6 Å². The van der Waals surface area contributed by atoms with Crippen molar-refractivity contribution in [3.05, 3.63) is 64.9 Å². The number of hydrogen-bond donors (Lipinski definition) is 1. The van der Waals surface area contributed by atoms with Gasteiger partial charge in [0.15, 0.2) is 0 Å². The predicted molar refractivity (Wildman–Crippen MR) is 89.9 cm³/mol. The second kappa shape index (κ2) is 8.81. The van der Waals surface area contributed by atoms with Gasteiger partial charge in [0, 0.05) is 16.5 Å². The molecule has 0 saturated carbocycles. The van der Waals surface area contributed by atoms with E-state index in [4.69, 9.17) is 11.6 Å². The maximum Gasteiger partial charge on any atom is 0.224 e. The molecule has 116 valence electrons. The van der Waals surface area contributed by atoms with E-state index in [9.17, 15) is 9.18 Å². The fraction of sp³-hybridized carbons (Fsp3) is 0.235. The van der Waals surface area contributed by atoms with Crippen LogP contribution in [-0.2, 0) is 11.2 Å². The minimum Gasteiger partial charge on any atom is -0.356 e. The van der Waals surface area contributed by atoms with Gasteiger partial charge in [-0.1, -0.05) is 23.7 Å². The third-order valence-corrected chi connectivity index (χ3v) is 4.35. The average Bonchev–Trinajstić information content (AvgIpc) is 2.51. The summed E-state index contributed by atoms with van der Waals surface area (Å²) in [6.07, 6.45) is 1.23. The van der Waals surface area contributed by atoms with E-state index in [-0.39, 0.29) is 11.7 Å². The Hall–Kier alpha value is -1.52. The van der Waals surface area contributed by atoms with Crippen LogP contribution in [0, 0.1) is 5.82 Å². The standard InChI is InChI=1S/C17H17ClFNOS/c18-14-4-2-13(3-5-14)12-17(21)20-10-1-11-22-16-8-6-15(19)7-9-16/h2-9H,1,10-12H2,(H,20,21). The third kappa shape index (κ3) is 6.08. The normalized spacial score (nSPS) is 10.5. The van der Waals surface area contributed by atoms with Crippen LogP contribution in [0.4, 0.5) is 4.39 Å². The van der Waals surface area contributed by atoms with Crippen molar-refractivity contribution < 1.29 is 9.18 Å². The van der Waals surface area contributed by atoms with Crippen molar-refractivity contribution in [3.8, 4) is 0 Å². The lowest BCUT2D eigenvalue weighted by molar-refractivity contribution is -0.120. The number of rotatable bonds is 7. The molecule has 0 saturated heterocycles. The molecule has 0 aromatic heterocycles. The van der Waals surface area contributed by atoms with E-state index >= 15 is 0 Å². The lowest BCUT2D eigenvalue weighted by Crippen LogP contribution is -2.26. The monoisotopic (exact) mass is 337 g/mol. The molecule has 2 aromatic rings. The third-order valence-electron chi connectivity index (χ3n) is 3.00. The smallest absolute Gasteiger partial charge is 0.224 e. The molecule has 2 nitrogen and oxygen atoms in total. The molecule has 1 amide bonds. The highest BCUT2D eigenvalue weighted by Crippen LogP contribution is 2.18. The lowest BCUT2D eigenvalue weighted by atomic mass is 10.1. The highest BCUT2D eigenvalue weighted by Gasteiger charge is 2.03. The first kappa shape index (κ1) is 16.8. The Balaban J connectivity index is 1.61. The topological polar surface area (TPSA) is 29.1 Å². The van der Waals surface area contributed by atoms with Crippen molar-refractivity contribution in [1.29, 1.82) is 0 Å². The Morgan fingerprint density at radius 1 is 1.09 bits per heavy atom. The number of benzene rings is 2. The lowest BCUT2D eigenvalue weighted by Gasteiger charge is -2.06. The molecule has 2 aromatic carbocycles. The van der Waals surface area contributed by atoms with Crippen LogP contribution in [0.15, 0.2) is 53.4 Å². The minimum absolute atomic E-state index is 0.00843. The Bertz CT molecular complexity index is 601. The van der Waals surface area contributed by atoms with Crippen LogP contribution < -0.4 is 5.32 Å². The molecule has 0 spiro atoms. The van der Waals surface area contributed by atoms with Gasteiger partial charge in [-0.15, -0.1) is 11.8 Å². The molecule has 0 aliphatic heterocycles. The highest BCUT2D eigenvalue weighted by molar-refractivity contribution is 7.99. The van der Waals surface area contributed by atoms with Gasteiger partial charge < -0.3 is 5.32 Å². The number of carbonyl (C=O) groups excluding carboxylic acids is 1. The summed E-state index contributed by atoms with van der Waals surface area (Å²) in [7, 11) is 0. The van der Waals surface area contributed by atoms with E-state index in [0.29, 0.717) is 18.0 Å². The van der Waals surface area contributed by atoms with Crippen LogP contribution in [-0.4, -0.2) is 18.2 Å². The Kier molecular flexibility index (Phi) is 6.74. The van der Waals surface area contributed by atoms with Crippen molar-refractivity contribution in [3.63, 3.8) is 0 Å². The molecule has 1 N–H and O–H groups in total. The second-order valence-corrected chi connectivity index (χ2v) is 6.41. The zero-order valence-corrected chi connectivity index (χ0v) is 13.6. The summed E-state index contributed by atoms with van der Waals surface area (Å²) in [5.74, 6) is 0.667. The highest BCUT2D eigenvalue weighted by atomic mass is 35.5. The Morgan fingerprint density at radius 2 is 1.77 bits per heavy atom. The largest absolute Gasteiger partial charge is 0.356 e. The van der Waals surface area contributed by atoms with Crippen LogP contribution in [0.3, 0.4) is 0 Å². The van der Waals surface area contributed by atoms with Gasteiger partial charge in [0.25, 0.3) is 0 Å². The predicted octanol–water partition coefficient (Wildman–Crippen LogP) is 4.32. The van der Waals surface area contributed by atoms with E-state index in [1.54, 1.807) is 36.0 Å². The van der Waals surface area contributed by atoms with Gasteiger partial charge in [-0.25, -0.2) is 4.39 Å². The second-order valence-electron chi connectivity index (χ2n) is 4.81. The van der Waals surface area contributed by atoms with Crippen molar-refractivity contribution >= 4 is 29.3 Å². The Morgan fingerprint density at radius 3 is 2.45 bits per heavy atom. The summed E-state index contributed by atoms with van der Waals surface area (Å²) in [6.45, 7) is 0.640. The van der Waals surface area contributed by atoms with E-state index in [1.807, 2.05) is 12.1 Å². The van der Waals surface area contributed by atoms with Gasteiger partial charge in [-0.3, -0.25) is 4.79 Å². The zero-order chi connectivity index (χ0) is 15.8. The number of hydrogen-bond acceptors (Lipinski definition) is 2. The van der Waals surface area contributed by atoms with E-state index in [2.05, 4.69) is 5.32 Å². The number of nitrogens with one attached hydrogen (secondary N) is 1. The molecular weight excluding hydrogens is 321 g/mol. The number of amides is 1. The summed E-state index contributed by atoms with van der Waals surface area (Å²) >= 11 is 7.46. The van der Waals surface area contributed by atoms with Crippen LogP contribution in [0.1, 0.15) is 12.0 Å². The molecule has 5 heteroatoms. The zero-order valence-electron chi connectivity index (χ0n) is 12.0. The molecule has 2 rings (SSSR count). The Labute approximate surface area is 139 Å². The molecule has 0 unspecified atom stereocenters. The minimum atomic E-state index is -0.223. The maximum atomic E-state index is 12.8. The summed E-state index contributed by atoms with van der Waals surface area (Å²) in [6, 6.07) is 13.7. The van der Waals surface area contributed by atoms with Gasteiger partial charge in [0.1, 0.15) is 5.82 Å². The van der Waals surface area contributed by atoms with Crippen molar-refractivity contribution in [2.75, 3.05) is 12.3 Å². The summed E-state index contributed by atoms with van der Waals surface area (Å²) in [4.78, 5) is 12.8. The molecule has 22 heavy (non-hydrogen) atoms. The van der Waals surface area contributed by atoms with Crippen molar-refractivity contribution in [2.45, 2.75) is 17.7 Å². The molecule has 0 aliphatic rings. The van der Waals surface area contributed by atoms with E-state index in [1.165, 1.54) is 12.1 Å². The molecule has 0 fully saturated rings. The quantitative estimate of drug-likeness (QED) is 0.602. The molecule has 0 heterocycles. The summed E-state index contributed by atoms with van der Waals surface area (Å²) in [5.41, 5.74) is 0.947. The van der Waals surface area contributed by atoms with Crippen LogP contribution in [0.5, 0.6) is 0 Å². The first-order valence-corrected chi connectivity index (χ1v) is 8.39. The summed E-state index contributed by atoms with van der Waals surface area (Å²) in [5, 5.41) is 3.56. The van der Waals surface area contributed by atoms with Crippen LogP contribution in [0.25, 0.3) is 0 Å². The van der Waals surface area contributed by atoms with Crippen LogP contribution in [0.2, 0.25) is 5.02 Å². The first-order valence-electron chi connectivity index (χ1n) is 7.03. The van der Waals surface area contributed by atoms with Gasteiger partial charge in [0.2, 0.25) is 5.91 Å². The average molecular weight is 338 g/mol. The fourth-order valence-electron chi connectivity index (χ4n) is 1.87. The van der Waals surface area contributed by atoms with Gasteiger partial charge >= 0.3 is 0 Å². The molecule has 0 bridgehead atoms. The molecule has 0 radical (unpaired) electrons. The SMILES string of the molecule is O=C(Cc1ccc(Cl)cc1)NCCCSc1ccc(F)cc1. The van der Waals surface area contributed by atoms with Gasteiger partial charge in [0.05, 0.1) is 6.42 Å².